The lowest BCUT2D eigenvalue weighted by atomic mass is 10.1. The second-order valence-electron chi connectivity index (χ2n) is 5.53. The van der Waals surface area contributed by atoms with Crippen LogP contribution in [-0.2, 0) is 0 Å². The van der Waals surface area contributed by atoms with E-state index in [-0.39, 0.29) is 11.1 Å². The van der Waals surface area contributed by atoms with Crippen LogP contribution >= 0.6 is 0 Å². The minimum Gasteiger partial charge on any atom is -0.443 e. The van der Waals surface area contributed by atoms with Gasteiger partial charge < -0.3 is 9.15 Å². The summed E-state index contributed by atoms with van der Waals surface area (Å²) in [5.41, 5.74) is 2.03. The highest BCUT2D eigenvalue weighted by Gasteiger charge is 2.26. The van der Waals surface area contributed by atoms with Gasteiger partial charge in [0.25, 0.3) is 0 Å². The fraction of sp³-hybridized carbons (Fsp3) is 0.158. The average molecular weight is 320 g/mol. The van der Waals surface area contributed by atoms with Gasteiger partial charge in [0, 0.05) is 12.4 Å². The molecule has 0 aliphatic carbocycles. The number of aryl methyl sites for hydroxylation is 3. The van der Waals surface area contributed by atoms with E-state index in [9.17, 15) is 10.1 Å². The van der Waals surface area contributed by atoms with Crippen molar-refractivity contribution in [2.24, 2.45) is 0 Å². The van der Waals surface area contributed by atoms with Crippen LogP contribution in [0.25, 0.3) is 5.88 Å². The second kappa shape index (κ2) is 6.09. The molecule has 0 saturated carbocycles. The molecule has 0 bridgehead atoms. The van der Waals surface area contributed by atoms with E-state index < -0.39 is 5.97 Å². The standard InChI is InChI=1S/C19H16N2O3/c1-12-7-6-8-13(2)17(12)24-19(22)16-14(3)23-18(15(16)11-20)21-9-4-5-10-21/h4-10H,1-3H3. The summed E-state index contributed by atoms with van der Waals surface area (Å²) in [6, 6.07) is 11.3. The Labute approximate surface area is 139 Å². The predicted octanol–water partition coefficient (Wildman–Crippen LogP) is 4.09. The van der Waals surface area contributed by atoms with E-state index in [4.69, 9.17) is 9.15 Å². The maximum atomic E-state index is 12.7. The van der Waals surface area contributed by atoms with Crippen LogP contribution in [0.2, 0.25) is 0 Å². The third kappa shape index (κ3) is 2.59. The lowest BCUT2D eigenvalue weighted by molar-refractivity contribution is 0.0730. The third-order valence-corrected chi connectivity index (χ3v) is 3.82. The van der Waals surface area contributed by atoms with Crippen molar-refractivity contribution in [2.75, 3.05) is 0 Å². The molecule has 0 amide bonds. The number of nitrogens with zero attached hydrogens (tertiary/aromatic N) is 2. The van der Waals surface area contributed by atoms with Crippen molar-refractivity contribution in [2.45, 2.75) is 20.8 Å². The molecule has 0 N–H and O–H groups in total. The summed E-state index contributed by atoms with van der Waals surface area (Å²) in [5, 5.41) is 9.50. The number of para-hydroxylation sites is 1. The molecular weight excluding hydrogens is 304 g/mol. The molecule has 120 valence electrons. The number of aromatic nitrogens is 1. The van der Waals surface area contributed by atoms with Crippen LogP contribution in [0.5, 0.6) is 5.75 Å². The van der Waals surface area contributed by atoms with Gasteiger partial charge in [0.05, 0.1) is 0 Å². The third-order valence-electron chi connectivity index (χ3n) is 3.82. The Morgan fingerprint density at radius 3 is 2.33 bits per heavy atom. The zero-order valence-corrected chi connectivity index (χ0v) is 13.7. The summed E-state index contributed by atoms with van der Waals surface area (Å²) in [6.07, 6.45) is 3.50. The number of hydrogen-bond donors (Lipinski definition) is 0. The molecule has 0 atom stereocenters. The Balaban J connectivity index is 2.04. The molecule has 2 heterocycles. The largest absolute Gasteiger partial charge is 0.443 e. The van der Waals surface area contributed by atoms with E-state index >= 15 is 0 Å². The Morgan fingerprint density at radius 2 is 1.75 bits per heavy atom. The van der Waals surface area contributed by atoms with E-state index in [1.54, 1.807) is 23.9 Å². The van der Waals surface area contributed by atoms with Gasteiger partial charge in [-0.05, 0) is 44.0 Å². The molecule has 24 heavy (non-hydrogen) atoms. The zero-order chi connectivity index (χ0) is 17.3. The number of rotatable bonds is 3. The van der Waals surface area contributed by atoms with Crippen molar-refractivity contribution in [3.63, 3.8) is 0 Å². The Kier molecular flexibility index (Phi) is 3.97. The zero-order valence-electron chi connectivity index (χ0n) is 13.7. The first kappa shape index (κ1) is 15.6. The van der Waals surface area contributed by atoms with Crippen molar-refractivity contribution in [3.8, 4) is 17.7 Å². The van der Waals surface area contributed by atoms with Crippen molar-refractivity contribution in [1.29, 1.82) is 5.26 Å². The van der Waals surface area contributed by atoms with Gasteiger partial charge in [0.15, 0.2) is 0 Å². The number of esters is 1. The number of hydrogen-bond acceptors (Lipinski definition) is 4. The molecular formula is C19H16N2O3. The SMILES string of the molecule is Cc1cccc(C)c1OC(=O)c1c(C)oc(-n2cccc2)c1C#N. The molecule has 0 aliphatic rings. The molecule has 5 nitrogen and oxygen atoms in total. The van der Waals surface area contributed by atoms with Gasteiger partial charge in [-0.2, -0.15) is 5.26 Å². The molecule has 3 rings (SSSR count). The van der Waals surface area contributed by atoms with Gasteiger partial charge in [-0.15, -0.1) is 0 Å². The van der Waals surface area contributed by atoms with Gasteiger partial charge in [0.2, 0.25) is 5.88 Å². The molecule has 0 fully saturated rings. The number of carbonyl (C=O) groups excluding carboxylic acids is 1. The Morgan fingerprint density at radius 1 is 1.12 bits per heavy atom. The number of nitriles is 1. The number of benzene rings is 1. The van der Waals surface area contributed by atoms with E-state index in [0.29, 0.717) is 17.4 Å². The van der Waals surface area contributed by atoms with Crippen LogP contribution in [0, 0.1) is 32.1 Å². The van der Waals surface area contributed by atoms with Crippen molar-refractivity contribution >= 4 is 5.97 Å². The maximum absolute atomic E-state index is 12.7. The molecule has 1 aromatic carbocycles. The molecule has 0 spiro atoms. The highest BCUT2D eigenvalue weighted by Crippen LogP contribution is 2.29. The maximum Gasteiger partial charge on any atom is 0.348 e. The van der Waals surface area contributed by atoms with Crippen LogP contribution in [-0.4, -0.2) is 10.5 Å². The summed E-state index contributed by atoms with van der Waals surface area (Å²) in [4.78, 5) is 12.7. The van der Waals surface area contributed by atoms with Crippen LogP contribution < -0.4 is 4.74 Å². The van der Waals surface area contributed by atoms with Gasteiger partial charge in [-0.25, -0.2) is 4.79 Å². The number of carbonyl (C=O) groups is 1. The number of furan rings is 1. The van der Waals surface area contributed by atoms with Gasteiger partial charge in [-0.1, -0.05) is 18.2 Å². The van der Waals surface area contributed by atoms with Crippen molar-refractivity contribution in [3.05, 3.63) is 70.7 Å². The lowest BCUT2D eigenvalue weighted by Gasteiger charge is -2.09. The smallest absolute Gasteiger partial charge is 0.348 e. The summed E-state index contributed by atoms with van der Waals surface area (Å²) < 4.78 is 12.9. The molecule has 0 aliphatic heterocycles. The van der Waals surface area contributed by atoms with E-state index in [0.717, 1.165) is 11.1 Å². The van der Waals surface area contributed by atoms with E-state index in [2.05, 4.69) is 6.07 Å². The van der Waals surface area contributed by atoms with Crippen LogP contribution in [0.1, 0.15) is 32.8 Å². The first-order valence-corrected chi connectivity index (χ1v) is 7.48. The normalized spacial score (nSPS) is 10.4. The summed E-state index contributed by atoms with van der Waals surface area (Å²) >= 11 is 0. The fourth-order valence-electron chi connectivity index (χ4n) is 2.64. The van der Waals surface area contributed by atoms with E-state index in [1.807, 2.05) is 44.2 Å². The molecule has 3 aromatic rings. The lowest BCUT2D eigenvalue weighted by Crippen LogP contribution is -2.12. The van der Waals surface area contributed by atoms with Gasteiger partial charge >= 0.3 is 5.97 Å². The summed E-state index contributed by atoms with van der Waals surface area (Å²) in [5.74, 6) is 0.582. The quantitative estimate of drug-likeness (QED) is 0.538. The summed E-state index contributed by atoms with van der Waals surface area (Å²) in [7, 11) is 0. The molecule has 0 saturated heterocycles. The highest BCUT2D eigenvalue weighted by molar-refractivity contribution is 5.96. The molecule has 2 aromatic heterocycles. The molecule has 0 radical (unpaired) electrons. The Bertz CT molecular complexity index is 924. The summed E-state index contributed by atoms with van der Waals surface area (Å²) in [6.45, 7) is 5.39. The minimum absolute atomic E-state index is 0.156. The second-order valence-corrected chi connectivity index (χ2v) is 5.53. The van der Waals surface area contributed by atoms with Gasteiger partial charge in [0.1, 0.15) is 28.7 Å². The van der Waals surface area contributed by atoms with E-state index in [1.165, 1.54) is 0 Å². The van der Waals surface area contributed by atoms with Crippen molar-refractivity contribution in [1.82, 2.24) is 4.57 Å². The topological polar surface area (TPSA) is 68.2 Å². The Hall–Kier alpha value is -3.26. The number of ether oxygens (including phenoxy) is 1. The van der Waals surface area contributed by atoms with Crippen LogP contribution in [0.4, 0.5) is 0 Å². The first-order chi connectivity index (χ1) is 11.5. The van der Waals surface area contributed by atoms with Crippen LogP contribution in [0.15, 0.2) is 47.1 Å². The minimum atomic E-state index is -0.594. The first-order valence-electron chi connectivity index (χ1n) is 7.48. The average Bonchev–Trinajstić information content (AvgIpc) is 3.17. The fourth-order valence-corrected chi connectivity index (χ4v) is 2.64. The molecule has 5 heteroatoms. The monoisotopic (exact) mass is 320 g/mol. The van der Waals surface area contributed by atoms with Gasteiger partial charge in [-0.3, -0.25) is 4.57 Å². The predicted molar refractivity (Wildman–Crippen MR) is 88.4 cm³/mol. The van der Waals surface area contributed by atoms with Crippen molar-refractivity contribution < 1.29 is 13.9 Å². The van der Waals surface area contributed by atoms with Crippen LogP contribution in [0.3, 0.4) is 0 Å². The molecule has 0 unspecified atom stereocenters. The highest BCUT2D eigenvalue weighted by atomic mass is 16.5.